The summed E-state index contributed by atoms with van der Waals surface area (Å²) in [7, 11) is 0. The molecule has 30 heavy (non-hydrogen) atoms. The number of carboxylic acids is 1. The van der Waals surface area contributed by atoms with E-state index >= 15 is 0 Å². The van der Waals surface area contributed by atoms with E-state index in [1.807, 2.05) is 0 Å². The number of carboxylic acid groups (broad SMARTS) is 1. The summed E-state index contributed by atoms with van der Waals surface area (Å²) in [6.07, 6.45) is 2.10. The van der Waals surface area contributed by atoms with Gasteiger partial charge >= 0.3 is 5.97 Å². The van der Waals surface area contributed by atoms with Crippen LogP contribution < -0.4 is 5.32 Å². The van der Waals surface area contributed by atoms with Gasteiger partial charge in [0.2, 0.25) is 11.8 Å². The van der Waals surface area contributed by atoms with Crippen LogP contribution in [-0.4, -0.2) is 86.1 Å². The molecule has 1 aliphatic carbocycles. The number of nitrogens with zero attached hydrogens (tertiary/aromatic N) is 4. The van der Waals surface area contributed by atoms with Crippen molar-refractivity contribution in [3.05, 3.63) is 10.4 Å². The van der Waals surface area contributed by atoms with E-state index in [1.54, 1.807) is 0 Å². The number of amides is 2. The van der Waals surface area contributed by atoms with Crippen LogP contribution in [0.25, 0.3) is 10.4 Å². The number of aliphatic hydroxyl groups excluding tert-OH is 3. The number of azide groups is 1. The first-order chi connectivity index (χ1) is 14.3. The zero-order chi connectivity index (χ0) is 22.4. The van der Waals surface area contributed by atoms with Gasteiger partial charge < -0.3 is 30.6 Å². The molecule has 1 heterocycles. The van der Waals surface area contributed by atoms with E-state index in [0.717, 1.165) is 4.90 Å². The van der Waals surface area contributed by atoms with E-state index in [-0.39, 0.29) is 12.8 Å². The van der Waals surface area contributed by atoms with Crippen LogP contribution in [0.5, 0.6) is 0 Å². The maximum absolute atomic E-state index is 12.9. The number of likely N-dealkylation sites (tertiary alicyclic amines) is 1. The molecule has 12 heteroatoms. The lowest BCUT2D eigenvalue weighted by Crippen LogP contribution is -2.53. The van der Waals surface area contributed by atoms with Gasteiger partial charge in [-0.15, -0.1) is 12.3 Å². The van der Waals surface area contributed by atoms with Crippen LogP contribution in [0.4, 0.5) is 0 Å². The number of unbranched alkanes of at least 4 members (excludes halogenated alkanes) is 2. The summed E-state index contributed by atoms with van der Waals surface area (Å²) in [6, 6.07) is -3.09. The van der Waals surface area contributed by atoms with Gasteiger partial charge in [-0.3, -0.25) is 14.4 Å². The molecule has 2 aliphatic rings. The molecule has 0 aromatic carbocycles. The molecular weight excluding hydrogens is 398 g/mol. The molecule has 0 aromatic rings. The maximum atomic E-state index is 12.9. The molecule has 0 bridgehead atoms. The van der Waals surface area contributed by atoms with Crippen molar-refractivity contribution in [2.24, 2.45) is 11.0 Å². The molecule has 7 atom stereocenters. The first kappa shape index (κ1) is 23.4. The van der Waals surface area contributed by atoms with Crippen molar-refractivity contribution in [3.63, 3.8) is 0 Å². The summed E-state index contributed by atoms with van der Waals surface area (Å²) in [5.74, 6) is -1.68. The lowest BCUT2D eigenvalue weighted by Gasteiger charge is -2.30. The molecule has 2 rings (SSSR count). The molecule has 0 spiro atoms. The number of hydrogen-bond acceptors (Lipinski definition) is 7. The van der Waals surface area contributed by atoms with Crippen LogP contribution in [0.2, 0.25) is 0 Å². The number of rotatable bonds is 10. The highest BCUT2D eigenvalue weighted by molar-refractivity contribution is 5.91. The monoisotopic (exact) mass is 423 g/mol. The standard InChI is InChI=1S/C18H25N5O7/c1-2-6-9(21-10(24)7-4-3-5-8-20-22-19)17(28)23-12-11(18(29)30)14(25)16(27)15(26)13(12)23/h1,9,11-16,25-27H,3-8H2,(H,21,24)(H,29,30). The number of hydrogen-bond donors (Lipinski definition) is 5. The van der Waals surface area contributed by atoms with E-state index in [0.29, 0.717) is 25.8 Å². The fourth-order valence-electron chi connectivity index (χ4n) is 3.88. The Labute approximate surface area is 172 Å². The van der Waals surface area contributed by atoms with E-state index in [9.17, 15) is 34.8 Å². The molecule has 0 radical (unpaired) electrons. The summed E-state index contributed by atoms with van der Waals surface area (Å²) in [5.41, 5.74) is 8.20. The lowest BCUT2D eigenvalue weighted by atomic mass is 9.83. The van der Waals surface area contributed by atoms with E-state index in [4.69, 9.17) is 12.0 Å². The van der Waals surface area contributed by atoms with Crippen molar-refractivity contribution < 1.29 is 34.8 Å². The number of fused-ring (bicyclic) bond motifs is 1. The molecule has 12 nitrogen and oxygen atoms in total. The fourth-order valence-corrected chi connectivity index (χ4v) is 3.88. The second kappa shape index (κ2) is 10.3. The first-order valence-corrected chi connectivity index (χ1v) is 9.59. The van der Waals surface area contributed by atoms with Crippen LogP contribution >= 0.6 is 0 Å². The number of terminal acetylenes is 1. The molecule has 7 unspecified atom stereocenters. The summed E-state index contributed by atoms with van der Waals surface area (Å²) in [5, 5.41) is 45.3. The van der Waals surface area contributed by atoms with Crippen molar-refractivity contribution >= 4 is 17.8 Å². The van der Waals surface area contributed by atoms with Crippen LogP contribution in [0.1, 0.15) is 32.1 Å². The highest BCUT2D eigenvalue weighted by Crippen LogP contribution is 2.45. The number of aliphatic carboxylic acids is 1. The molecular formula is C18H25N5O7. The van der Waals surface area contributed by atoms with Crippen LogP contribution in [0, 0.1) is 18.3 Å². The highest BCUT2D eigenvalue weighted by atomic mass is 16.4. The minimum atomic E-state index is -1.73. The number of carbonyl (C=O) groups is 3. The smallest absolute Gasteiger partial charge is 0.311 e. The summed E-state index contributed by atoms with van der Waals surface area (Å²) < 4.78 is 0. The predicted octanol–water partition coefficient (Wildman–Crippen LogP) is -1.26. The van der Waals surface area contributed by atoms with Gasteiger partial charge in [-0.25, -0.2) is 0 Å². The fraction of sp³-hybridized carbons (Fsp3) is 0.722. The van der Waals surface area contributed by atoms with Crippen molar-refractivity contribution in [1.29, 1.82) is 0 Å². The Morgan fingerprint density at radius 1 is 1.13 bits per heavy atom. The third kappa shape index (κ3) is 5.01. The van der Waals surface area contributed by atoms with Crippen molar-refractivity contribution in [2.45, 2.75) is 68.5 Å². The van der Waals surface area contributed by atoms with E-state index in [2.05, 4.69) is 21.3 Å². The molecule has 0 aromatic heterocycles. The van der Waals surface area contributed by atoms with Gasteiger partial charge in [-0.05, 0) is 18.4 Å². The van der Waals surface area contributed by atoms with Crippen molar-refractivity contribution in [1.82, 2.24) is 10.2 Å². The maximum Gasteiger partial charge on any atom is 0.311 e. The van der Waals surface area contributed by atoms with Gasteiger partial charge in [0.1, 0.15) is 24.2 Å². The van der Waals surface area contributed by atoms with Crippen molar-refractivity contribution in [2.75, 3.05) is 6.54 Å². The molecule has 164 valence electrons. The minimum Gasteiger partial charge on any atom is -0.481 e. The highest BCUT2D eigenvalue weighted by Gasteiger charge is 2.68. The van der Waals surface area contributed by atoms with Gasteiger partial charge in [0.15, 0.2) is 0 Å². The van der Waals surface area contributed by atoms with E-state index in [1.165, 1.54) is 0 Å². The van der Waals surface area contributed by atoms with Crippen LogP contribution in [-0.2, 0) is 14.4 Å². The number of nitrogens with one attached hydrogen (secondary N) is 1. The Kier molecular flexibility index (Phi) is 8.02. The van der Waals surface area contributed by atoms with Gasteiger partial charge in [0.25, 0.3) is 0 Å². The molecule has 2 amide bonds. The quantitative estimate of drug-likeness (QED) is 0.0721. The Morgan fingerprint density at radius 2 is 1.83 bits per heavy atom. The first-order valence-electron chi connectivity index (χ1n) is 9.59. The topological polar surface area (TPSA) is 196 Å². The van der Waals surface area contributed by atoms with E-state index < -0.39 is 60.1 Å². The summed E-state index contributed by atoms with van der Waals surface area (Å²) >= 11 is 0. The third-order valence-corrected chi connectivity index (χ3v) is 5.41. The summed E-state index contributed by atoms with van der Waals surface area (Å²) in [6.45, 7) is 0.332. The Balaban J connectivity index is 1.98. The van der Waals surface area contributed by atoms with Crippen LogP contribution in [0.15, 0.2) is 5.11 Å². The minimum absolute atomic E-state index is 0.120. The number of carbonyl (C=O) groups excluding carboxylic acids is 2. The Morgan fingerprint density at radius 3 is 2.43 bits per heavy atom. The molecule has 2 fully saturated rings. The van der Waals surface area contributed by atoms with Gasteiger partial charge in [-0.2, -0.15) is 0 Å². The van der Waals surface area contributed by atoms with Gasteiger partial charge in [0.05, 0.1) is 18.2 Å². The molecule has 1 saturated carbocycles. The predicted molar refractivity (Wildman–Crippen MR) is 101 cm³/mol. The largest absolute Gasteiger partial charge is 0.481 e. The molecule has 1 saturated heterocycles. The zero-order valence-electron chi connectivity index (χ0n) is 16.2. The van der Waals surface area contributed by atoms with Crippen LogP contribution in [0.3, 0.4) is 0 Å². The second-order valence-electron chi connectivity index (χ2n) is 7.36. The average Bonchev–Trinajstić information content (AvgIpc) is 3.42. The Bertz CT molecular complexity index is 763. The summed E-state index contributed by atoms with van der Waals surface area (Å²) in [4.78, 5) is 40.2. The SMILES string of the molecule is C#CCC(NC(=O)CCCCCN=[N+]=[N-])C(=O)N1C2C(O)C(O)C(O)C(C(=O)O)C21. The molecule has 1 aliphatic heterocycles. The second-order valence-corrected chi connectivity index (χ2v) is 7.36. The van der Waals surface area contributed by atoms with Gasteiger partial charge in [0, 0.05) is 24.3 Å². The zero-order valence-corrected chi connectivity index (χ0v) is 16.2. The van der Waals surface area contributed by atoms with Gasteiger partial charge in [-0.1, -0.05) is 11.5 Å². The van der Waals surface area contributed by atoms with Crippen molar-refractivity contribution in [3.8, 4) is 12.3 Å². The lowest BCUT2D eigenvalue weighted by molar-refractivity contribution is -0.156. The normalized spacial score (nSPS) is 30.3. The molecule has 5 N–H and O–H groups in total. The Hall–Kier alpha value is -2.84. The third-order valence-electron chi connectivity index (χ3n) is 5.41. The average molecular weight is 423 g/mol. The number of aliphatic hydroxyl groups is 3.